The third-order valence-electron chi connectivity index (χ3n) is 3.14. The number of nitrogens with zero attached hydrogens (tertiary/aromatic N) is 2. The first-order valence-corrected chi connectivity index (χ1v) is 7.57. The zero-order valence-corrected chi connectivity index (χ0v) is 12.9. The molecule has 21 heavy (non-hydrogen) atoms. The lowest BCUT2D eigenvalue weighted by Crippen LogP contribution is -2.07. The number of hydrogen-bond donors (Lipinski definition) is 1. The largest absolute Gasteiger partial charge is 0.494 e. The van der Waals surface area contributed by atoms with Crippen LogP contribution in [-0.2, 0) is 4.79 Å². The van der Waals surface area contributed by atoms with Crippen LogP contribution in [0.4, 0.5) is 0 Å². The molecule has 5 nitrogen and oxygen atoms in total. The molecule has 0 aliphatic heterocycles. The van der Waals surface area contributed by atoms with Crippen LogP contribution in [0.5, 0.6) is 5.75 Å². The van der Waals surface area contributed by atoms with Crippen LogP contribution >= 0.6 is 11.8 Å². The molecule has 0 saturated heterocycles. The molecule has 1 heterocycles. The van der Waals surface area contributed by atoms with E-state index in [4.69, 9.17) is 9.84 Å². The number of aromatic nitrogens is 2. The highest BCUT2D eigenvalue weighted by molar-refractivity contribution is 7.99. The van der Waals surface area contributed by atoms with Crippen molar-refractivity contribution in [2.75, 3.05) is 12.9 Å². The van der Waals surface area contributed by atoms with Gasteiger partial charge in [0.25, 0.3) is 0 Å². The maximum Gasteiger partial charge on any atom is 0.313 e. The Hall–Kier alpha value is -1.95. The minimum atomic E-state index is -0.859. The Bertz CT molecular complexity index is 666. The second-order valence-electron chi connectivity index (χ2n) is 4.65. The number of fused-ring (bicyclic) bond motifs is 1. The fourth-order valence-corrected chi connectivity index (χ4v) is 3.06. The molecule has 0 fully saturated rings. The van der Waals surface area contributed by atoms with Crippen molar-refractivity contribution < 1.29 is 14.6 Å². The van der Waals surface area contributed by atoms with Crippen LogP contribution in [0, 0.1) is 0 Å². The van der Waals surface area contributed by atoms with Gasteiger partial charge in [0.15, 0.2) is 5.16 Å². The lowest BCUT2D eigenvalue weighted by molar-refractivity contribution is -0.133. The molecule has 2 aromatic rings. The van der Waals surface area contributed by atoms with Crippen molar-refractivity contribution in [3.05, 3.63) is 30.9 Å². The van der Waals surface area contributed by atoms with Gasteiger partial charge in [0.05, 0.1) is 18.4 Å². The van der Waals surface area contributed by atoms with E-state index in [0.717, 1.165) is 17.5 Å². The van der Waals surface area contributed by atoms with Gasteiger partial charge in [0, 0.05) is 6.04 Å². The second-order valence-corrected chi connectivity index (χ2v) is 5.59. The van der Waals surface area contributed by atoms with E-state index in [1.165, 1.54) is 11.8 Å². The van der Waals surface area contributed by atoms with Gasteiger partial charge in [-0.3, -0.25) is 4.79 Å². The van der Waals surface area contributed by atoms with Crippen LogP contribution in [0.1, 0.15) is 19.4 Å². The predicted octanol–water partition coefficient (Wildman–Crippen LogP) is 3.36. The molecule has 1 aromatic heterocycles. The van der Waals surface area contributed by atoms with Crippen molar-refractivity contribution in [2.24, 2.45) is 0 Å². The number of rotatable bonds is 7. The Morgan fingerprint density at radius 3 is 3.00 bits per heavy atom. The summed E-state index contributed by atoms with van der Waals surface area (Å²) < 4.78 is 7.39. The molecule has 0 aliphatic carbocycles. The van der Waals surface area contributed by atoms with Crippen LogP contribution in [-0.4, -0.2) is 33.5 Å². The Kier molecular flexibility index (Phi) is 4.90. The lowest BCUT2D eigenvalue weighted by atomic mass is 10.2. The summed E-state index contributed by atoms with van der Waals surface area (Å²) in [7, 11) is 1.60. The number of thioether (sulfide) groups is 1. The van der Waals surface area contributed by atoms with Gasteiger partial charge in [-0.2, -0.15) is 0 Å². The summed E-state index contributed by atoms with van der Waals surface area (Å²) in [6.45, 7) is 5.83. The number of methoxy groups -OCH3 is 1. The van der Waals surface area contributed by atoms with Crippen molar-refractivity contribution in [3.8, 4) is 5.75 Å². The highest BCUT2D eigenvalue weighted by atomic mass is 32.2. The standard InChI is InChI=1S/C15H18N2O3S/c1-4-6-10(2)17-11-7-5-8-12(20-3)14(11)16-15(17)21-9-13(18)19/h4-5,7-8,10H,1,6,9H2,2-3H3,(H,18,19). The predicted molar refractivity (Wildman–Crippen MR) is 84.2 cm³/mol. The normalized spacial score (nSPS) is 12.3. The number of carboxylic acids is 1. The van der Waals surface area contributed by atoms with Crippen molar-refractivity contribution in [2.45, 2.75) is 24.5 Å². The first kappa shape index (κ1) is 15.4. The van der Waals surface area contributed by atoms with Gasteiger partial charge in [0.1, 0.15) is 11.3 Å². The quantitative estimate of drug-likeness (QED) is 0.627. The van der Waals surface area contributed by atoms with E-state index >= 15 is 0 Å². The summed E-state index contributed by atoms with van der Waals surface area (Å²) in [5.74, 6) is -0.192. The molecule has 1 aromatic carbocycles. The Labute approximate surface area is 127 Å². The number of imidazole rings is 1. The number of ether oxygens (including phenoxy) is 1. The molecule has 1 atom stereocenters. The number of allylic oxidation sites excluding steroid dienone is 1. The average Bonchev–Trinajstić information content (AvgIpc) is 2.83. The number of para-hydroxylation sites is 1. The average molecular weight is 306 g/mol. The summed E-state index contributed by atoms with van der Waals surface area (Å²) in [5, 5.41) is 9.57. The molecule has 0 spiro atoms. The molecule has 2 rings (SSSR count). The van der Waals surface area contributed by atoms with Crippen molar-refractivity contribution in [3.63, 3.8) is 0 Å². The molecule has 0 aliphatic rings. The van der Waals surface area contributed by atoms with Gasteiger partial charge >= 0.3 is 5.97 Å². The minimum Gasteiger partial charge on any atom is -0.494 e. The van der Waals surface area contributed by atoms with E-state index in [2.05, 4.69) is 18.5 Å². The second kappa shape index (κ2) is 6.67. The van der Waals surface area contributed by atoms with E-state index in [0.29, 0.717) is 10.9 Å². The fraction of sp³-hybridized carbons (Fsp3) is 0.333. The van der Waals surface area contributed by atoms with Gasteiger partial charge in [-0.25, -0.2) is 4.98 Å². The van der Waals surface area contributed by atoms with Crippen LogP contribution in [0.3, 0.4) is 0 Å². The Morgan fingerprint density at radius 2 is 2.38 bits per heavy atom. The van der Waals surface area contributed by atoms with Gasteiger partial charge in [-0.15, -0.1) is 6.58 Å². The van der Waals surface area contributed by atoms with Crippen molar-refractivity contribution in [1.29, 1.82) is 0 Å². The fourth-order valence-electron chi connectivity index (χ4n) is 2.24. The van der Waals surface area contributed by atoms with Gasteiger partial charge in [-0.1, -0.05) is 23.9 Å². The van der Waals surface area contributed by atoms with Crippen LogP contribution in [0.2, 0.25) is 0 Å². The maximum absolute atomic E-state index is 10.8. The topological polar surface area (TPSA) is 64.4 Å². The molecule has 112 valence electrons. The van der Waals surface area contributed by atoms with Crippen LogP contribution in [0.15, 0.2) is 36.0 Å². The molecule has 0 saturated carbocycles. The lowest BCUT2D eigenvalue weighted by Gasteiger charge is -2.15. The maximum atomic E-state index is 10.8. The molecule has 0 bridgehead atoms. The molecule has 0 amide bonds. The first-order chi connectivity index (χ1) is 10.1. The highest BCUT2D eigenvalue weighted by Gasteiger charge is 2.18. The van der Waals surface area contributed by atoms with E-state index in [-0.39, 0.29) is 11.8 Å². The van der Waals surface area contributed by atoms with Crippen LogP contribution in [0.25, 0.3) is 11.0 Å². The summed E-state index contributed by atoms with van der Waals surface area (Å²) in [6, 6.07) is 5.88. The SMILES string of the molecule is C=CCC(C)n1c(SCC(=O)O)nc2c(OC)cccc21. The molecule has 0 radical (unpaired) electrons. The molecule has 1 N–H and O–H groups in total. The third-order valence-corrected chi connectivity index (χ3v) is 4.08. The number of hydrogen-bond acceptors (Lipinski definition) is 4. The van der Waals surface area contributed by atoms with E-state index in [9.17, 15) is 4.79 Å². The summed E-state index contributed by atoms with van der Waals surface area (Å²) in [4.78, 5) is 15.4. The van der Waals surface area contributed by atoms with E-state index in [1.54, 1.807) is 7.11 Å². The minimum absolute atomic E-state index is 0.0214. The summed E-state index contributed by atoms with van der Waals surface area (Å²) >= 11 is 1.22. The molecule has 1 unspecified atom stereocenters. The van der Waals surface area contributed by atoms with Crippen LogP contribution < -0.4 is 4.74 Å². The zero-order chi connectivity index (χ0) is 15.4. The monoisotopic (exact) mass is 306 g/mol. The highest BCUT2D eigenvalue weighted by Crippen LogP contribution is 2.33. The van der Waals surface area contributed by atoms with Crippen molar-refractivity contribution >= 4 is 28.8 Å². The third kappa shape index (κ3) is 3.21. The van der Waals surface area contributed by atoms with E-state index in [1.807, 2.05) is 28.8 Å². The number of benzene rings is 1. The molecular formula is C15H18N2O3S. The smallest absolute Gasteiger partial charge is 0.313 e. The van der Waals surface area contributed by atoms with E-state index < -0.39 is 5.97 Å². The van der Waals surface area contributed by atoms with Crippen molar-refractivity contribution in [1.82, 2.24) is 9.55 Å². The molecular weight excluding hydrogens is 288 g/mol. The summed E-state index contributed by atoms with van der Waals surface area (Å²) in [5.41, 5.74) is 1.69. The Balaban J connectivity index is 2.55. The van der Waals surface area contributed by atoms with Gasteiger partial charge in [-0.05, 0) is 25.5 Å². The first-order valence-electron chi connectivity index (χ1n) is 6.59. The Morgan fingerprint density at radius 1 is 1.62 bits per heavy atom. The summed E-state index contributed by atoms with van der Waals surface area (Å²) in [6.07, 6.45) is 2.63. The zero-order valence-electron chi connectivity index (χ0n) is 12.1. The number of carbonyl (C=O) groups is 1. The molecule has 6 heteroatoms. The van der Waals surface area contributed by atoms with Gasteiger partial charge < -0.3 is 14.4 Å². The number of carboxylic acid groups (broad SMARTS) is 1. The number of aliphatic carboxylic acids is 1. The van der Waals surface area contributed by atoms with Gasteiger partial charge in [0.2, 0.25) is 0 Å².